The van der Waals surface area contributed by atoms with Crippen molar-refractivity contribution in [2.24, 2.45) is 4.99 Å². The lowest BCUT2D eigenvalue weighted by atomic mass is 10.1. The van der Waals surface area contributed by atoms with Crippen molar-refractivity contribution in [1.29, 1.82) is 0 Å². The molecule has 1 aromatic heterocycles. The fourth-order valence-corrected chi connectivity index (χ4v) is 3.70. The van der Waals surface area contributed by atoms with Gasteiger partial charge in [0, 0.05) is 11.4 Å². The number of benzene rings is 1. The Morgan fingerprint density at radius 2 is 2.08 bits per heavy atom. The molecule has 3 rings (SSSR count). The number of thiophene rings is 1. The molecule has 1 aliphatic heterocycles. The molecule has 0 bridgehead atoms. The summed E-state index contributed by atoms with van der Waals surface area (Å²) < 4.78 is 0. The van der Waals surface area contributed by atoms with Gasteiger partial charge >= 0.3 is 5.00 Å². The van der Waals surface area contributed by atoms with Crippen LogP contribution in [0, 0.1) is 24.0 Å². The predicted octanol–water partition coefficient (Wildman–Crippen LogP) is 4.16. The summed E-state index contributed by atoms with van der Waals surface area (Å²) in [6.45, 7) is 3.98. The second kappa shape index (κ2) is 6.58. The van der Waals surface area contributed by atoms with E-state index in [1.165, 1.54) is 17.8 Å². The number of carbonyl (C=O) groups is 1. The zero-order chi connectivity index (χ0) is 17.3. The molecule has 0 radical (unpaired) electrons. The van der Waals surface area contributed by atoms with Crippen LogP contribution in [0.15, 0.2) is 39.5 Å². The molecule has 1 aliphatic rings. The van der Waals surface area contributed by atoms with Gasteiger partial charge < -0.3 is 5.32 Å². The fourth-order valence-electron chi connectivity index (χ4n) is 2.18. The highest BCUT2D eigenvalue weighted by atomic mass is 32.2. The predicted molar refractivity (Wildman–Crippen MR) is 97.7 cm³/mol. The number of rotatable bonds is 3. The largest absolute Gasteiger partial charge is 0.324 e. The zero-order valence-corrected chi connectivity index (χ0v) is 14.5. The van der Waals surface area contributed by atoms with Gasteiger partial charge in [-0.2, -0.15) is 0 Å². The van der Waals surface area contributed by atoms with E-state index in [0.29, 0.717) is 15.6 Å². The van der Waals surface area contributed by atoms with E-state index in [2.05, 4.69) is 10.3 Å². The van der Waals surface area contributed by atoms with Crippen LogP contribution in [-0.2, 0) is 4.79 Å². The SMILES string of the molecule is Cc1ccc(N=C2NC(=O)/C(=C\c3csc([N+](=O)[O-])c3)S2)c(C)c1. The first-order chi connectivity index (χ1) is 11.4. The Morgan fingerprint density at radius 1 is 1.29 bits per heavy atom. The van der Waals surface area contributed by atoms with Gasteiger partial charge in [-0.05, 0) is 48.9 Å². The fraction of sp³-hybridized carbons (Fsp3) is 0.125. The molecule has 1 saturated heterocycles. The first-order valence-corrected chi connectivity index (χ1v) is 8.72. The first-order valence-electron chi connectivity index (χ1n) is 7.02. The van der Waals surface area contributed by atoms with Crippen LogP contribution in [0.4, 0.5) is 10.7 Å². The molecule has 1 fully saturated rings. The van der Waals surface area contributed by atoms with E-state index in [9.17, 15) is 14.9 Å². The minimum atomic E-state index is -0.443. The standard InChI is InChI=1S/C16H13N3O3S2/c1-9-3-4-12(10(2)5-9)17-16-18-15(20)13(24-16)6-11-7-14(19(21)22)23-8-11/h3-8H,1-2H3,(H,17,18,20)/b13-6+. The molecule has 0 spiro atoms. The number of thioether (sulfide) groups is 1. The molecule has 0 saturated carbocycles. The van der Waals surface area contributed by atoms with E-state index in [0.717, 1.165) is 28.2 Å². The smallest absolute Gasteiger partial charge is 0.300 e. The van der Waals surface area contributed by atoms with Gasteiger partial charge in [-0.1, -0.05) is 29.0 Å². The van der Waals surface area contributed by atoms with Crippen molar-refractivity contribution in [2.75, 3.05) is 0 Å². The maximum absolute atomic E-state index is 12.0. The summed E-state index contributed by atoms with van der Waals surface area (Å²) in [4.78, 5) is 27.3. The lowest BCUT2D eigenvalue weighted by Crippen LogP contribution is -2.19. The van der Waals surface area contributed by atoms with E-state index in [1.807, 2.05) is 32.0 Å². The Kier molecular flexibility index (Phi) is 4.50. The number of aryl methyl sites for hydroxylation is 2. The molecule has 0 aliphatic carbocycles. The first kappa shape index (κ1) is 16.4. The molecular weight excluding hydrogens is 346 g/mol. The van der Waals surface area contributed by atoms with Crippen molar-refractivity contribution in [3.63, 3.8) is 0 Å². The third kappa shape index (κ3) is 3.55. The maximum Gasteiger partial charge on any atom is 0.324 e. The second-order valence-electron chi connectivity index (χ2n) is 5.25. The highest BCUT2D eigenvalue weighted by Crippen LogP contribution is 2.31. The topological polar surface area (TPSA) is 84.6 Å². The quantitative estimate of drug-likeness (QED) is 0.506. The summed E-state index contributed by atoms with van der Waals surface area (Å²) in [6, 6.07) is 7.36. The van der Waals surface area contributed by atoms with Crippen LogP contribution in [0.5, 0.6) is 0 Å². The molecule has 2 aromatic rings. The summed E-state index contributed by atoms with van der Waals surface area (Å²) in [5.74, 6) is -0.252. The Labute approximate surface area is 146 Å². The van der Waals surface area contributed by atoms with Crippen LogP contribution in [0.25, 0.3) is 6.08 Å². The monoisotopic (exact) mass is 359 g/mol. The maximum atomic E-state index is 12.0. The molecule has 24 heavy (non-hydrogen) atoms. The van der Waals surface area contributed by atoms with Crippen molar-refractivity contribution in [1.82, 2.24) is 5.32 Å². The number of carbonyl (C=O) groups excluding carboxylic acids is 1. The molecule has 8 heteroatoms. The molecule has 1 amide bonds. The molecule has 1 N–H and O–H groups in total. The molecule has 0 unspecified atom stereocenters. The average Bonchev–Trinajstić information content (AvgIpc) is 3.10. The van der Waals surface area contributed by atoms with Crippen LogP contribution in [-0.4, -0.2) is 16.0 Å². The number of aliphatic imine (C=N–C) groups is 1. The Bertz CT molecular complexity index is 900. The van der Waals surface area contributed by atoms with E-state index >= 15 is 0 Å². The van der Waals surface area contributed by atoms with Gasteiger partial charge in [0.1, 0.15) is 0 Å². The van der Waals surface area contributed by atoms with Gasteiger partial charge in [-0.3, -0.25) is 14.9 Å². The average molecular weight is 359 g/mol. The minimum absolute atomic E-state index is 0.0504. The molecule has 1 aromatic carbocycles. The van der Waals surface area contributed by atoms with Gasteiger partial charge in [0.05, 0.1) is 15.5 Å². The van der Waals surface area contributed by atoms with Crippen molar-refractivity contribution < 1.29 is 9.72 Å². The molecule has 2 heterocycles. The summed E-state index contributed by atoms with van der Waals surface area (Å²) >= 11 is 2.26. The molecule has 122 valence electrons. The molecule has 0 atom stereocenters. The number of nitrogens with zero attached hydrogens (tertiary/aromatic N) is 2. The van der Waals surface area contributed by atoms with E-state index in [4.69, 9.17) is 0 Å². The van der Waals surface area contributed by atoms with Gasteiger partial charge in [-0.25, -0.2) is 4.99 Å². The highest BCUT2D eigenvalue weighted by Gasteiger charge is 2.24. The Morgan fingerprint density at radius 3 is 2.75 bits per heavy atom. The van der Waals surface area contributed by atoms with Crippen molar-refractivity contribution in [2.45, 2.75) is 13.8 Å². The van der Waals surface area contributed by atoms with Crippen molar-refractivity contribution >= 4 is 50.9 Å². The number of hydrogen-bond acceptors (Lipinski definition) is 6. The van der Waals surface area contributed by atoms with Crippen LogP contribution in [0.2, 0.25) is 0 Å². The molecular formula is C16H13N3O3S2. The number of amidine groups is 1. The van der Waals surface area contributed by atoms with E-state index in [-0.39, 0.29) is 10.9 Å². The number of amides is 1. The van der Waals surface area contributed by atoms with Gasteiger partial charge in [0.25, 0.3) is 5.91 Å². The van der Waals surface area contributed by atoms with Crippen molar-refractivity contribution in [3.05, 3.63) is 61.4 Å². The number of nitrogens with one attached hydrogen (secondary N) is 1. The summed E-state index contributed by atoms with van der Waals surface area (Å²) in [5, 5.41) is 15.6. The minimum Gasteiger partial charge on any atom is -0.300 e. The van der Waals surface area contributed by atoms with Crippen LogP contribution < -0.4 is 5.32 Å². The number of nitro groups is 1. The Balaban J connectivity index is 1.83. The van der Waals surface area contributed by atoms with Gasteiger partial charge in [0.2, 0.25) is 0 Å². The lowest BCUT2D eigenvalue weighted by molar-refractivity contribution is -0.380. The Hall–Kier alpha value is -2.45. The highest BCUT2D eigenvalue weighted by molar-refractivity contribution is 8.18. The summed E-state index contributed by atoms with van der Waals surface area (Å²) in [6.07, 6.45) is 1.63. The van der Waals surface area contributed by atoms with E-state index < -0.39 is 4.92 Å². The summed E-state index contributed by atoms with van der Waals surface area (Å²) in [5.41, 5.74) is 3.62. The van der Waals surface area contributed by atoms with Gasteiger partial charge in [-0.15, -0.1) is 0 Å². The molecule has 6 nitrogen and oxygen atoms in total. The van der Waals surface area contributed by atoms with Crippen LogP contribution in [0.3, 0.4) is 0 Å². The lowest BCUT2D eigenvalue weighted by Gasteiger charge is -2.02. The second-order valence-corrected chi connectivity index (χ2v) is 7.17. The number of hydrogen-bond donors (Lipinski definition) is 1. The zero-order valence-electron chi connectivity index (χ0n) is 12.9. The van der Waals surface area contributed by atoms with Crippen molar-refractivity contribution in [3.8, 4) is 0 Å². The third-order valence-corrected chi connectivity index (χ3v) is 5.12. The van der Waals surface area contributed by atoms with Gasteiger partial charge in [0.15, 0.2) is 5.17 Å². The van der Waals surface area contributed by atoms with Crippen LogP contribution >= 0.6 is 23.1 Å². The van der Waals surface area contributed by atoms with Crippen LogP contribution in [0.1, 0.15) is 16.7 Å². The normalized spacial score (nSPS) is 17.5. The van der Waals surface area contributed by atoms with E-state index in [1.54, 1.807) is 11.5 Å². The summed E-state index contributed by atoms with van der Waals surface area (Å²) in [7, 11) is 0. The third-order valence-electron chi connectivity index (χ3n) is 3.31.